The lowest BCUT2D eigenvalue weighted by Gasteiger charge is -2.22. The zero-order chi connectivity index (χ0) is 34.3. The lowest BCUT2D eigenvalue weighted by Crippen LogP contribution is -2.15. The van der Waals surface area contributed by atoms with Crippen molar-refractivity contribution >= 4 is 44.2 Å². The van der Waals surface area contributed by atoms with Crippen molar-refractivity contribution in [1.29, 1.82) is 0 Å². The molecule has 0 saturated heterocycles. The summed E-state index contributed by atoms with van der Waals surface area (Å²) in [5.41, 5.74) is 10.3. The van der Waals surface area contributed by atoms with Crippen LogP contribution in [0.2, 0.25) is 0 Å². The first-order chi connectivity index (χ1) is 25.0. The van der Waals surface area contributed by atoms with E-state index in [9.17, 15) is 0 Å². The van der Waals surface area contributed by atoms with Gasteiger partial charge in [-0.3, -0.25) is 0 Å². The molecule has 0 radical (unpaired) electrons. The Bertz CT molecular complexity index is 2820. The zero-order valence-corrected chi connectivity index (χ0v) is 28.6. The number of alkyl halides is 1. The summed E-state index contributed by atoms with van der Waals surface area (Å²) in [6, 6.07) is 41.8. The van der Waals surface area contributed by atoms with Gasteiger partial charge in [0.05, 0.1) is 0 Å². The molecule has 8 heteroatoms. The Morgan fingerprint density at radius 2 is 1.08 bits per heavy atom. The Morgan fingerprint density at radius 1 is 0.529 bits per heavy atom. The predicted molar refractivity (Wildman–Crippen MR) is 203 cm³/mol. The molecular formula is C43H30ClN5O2. The van der Waals surface area contributed by atoms with E-state index >= 15 is 0 Å². The van der Waals surface area contributed by atoms with Crippen LogP contribution in [0, 0.1) is 0 Å². The molecular weight excluding hydrogens is 654 g/mol. The molecule has 3 aromatic heterocycles. The van der Waals surface area contributed by atoms with Crippen LogP contribution in [0.5, 0.6) is 0 Å². The Balaban J connectivity index is 0.971. The minimum absolute atomic E-state index is 0.291. The molecule has 246 valence electrons. The van der Waals surface area contributed by atoms with Gasteiger partial charge in [-0.15, -0.1) is 32.0 Å². The van der Waals surface area contributed by atoms with Gasteiger partial charge < -0.3 is 13.4 Å². The van der Waals surface area contributed by atoms with Gasteiger partial charge in [0.1, 0.15) is 0 Å². The third kappa shape index (κ3) is 4.58. The Labute approximate surface area is 298 Å². The van der Waals surface area contributed by atoms with Gasteiger partial charge in [-0.2, -0.15) is 0 Å². The molecule has 0 unspecified atom stereocenters. The normalized spacial score (nSPS) is 13.3. The van der Waals surface area contributed by atoms with Gasteiger partial charge in [-0.25, -0.2) is 0 Å². The third-order valence-corrected chi connectivity index (χ3v) is 10.5. The van der Waals surface area contributed by atoms with E-state index in [1.165, 1.54) is 27.6 Å². The molecule has 0 amide bonds. The van der Waals surface area contributed by atoms with Gasteiger partial charge in [0, 0.05) is 61.9 Å². The first-order valence-corrected chi connectivity index (χ1v) is 17.5. The number of hydrogen-bond donors (Lipinski definition) is 0. The molecule has 7 nitrogen and oxygen atoms in total. The minimum Gasteiger partial charge on any atom is -0.416 e. The van der Waals surface area contributed by atoms with E-state index in [1.807, 2.05) is 30.3 Å². The largest absolute Gasteiger partial charge is 0.416 e. The van der Waals surface area contributed by atoms with Crippen LogP contribution in [0.1, 0.15) is 25.0 Å². The van der Waals surface area contributed by atoms with E-state index in [-0.39, 0.29) is 5.41 Å². The number of para-hydroxylation sites is 1. The maximum atomic E-state index is 6.34. The van der Waals surface area contributed by atoms with E-state index in [1.54, 1.807) is 0 Å². The molecule has 0 aliphatic heterocycles. The van der Waals surface area contributed by atoms with Crippen LogP contribution in [0.3, 0.4) is 0 Å². The van der Waals surface area contributed by atoms with Crippen LogP contribution < -0.4 is 0 Å². The van der Waals surface area contributed by atoms with Crippen LogP contribution in [0.15, 0.2) is 130 Å². The van der Waals surface area contributed by atoms with Crippen molar-refractivity contribution in [1.82, 2.24) is 25.0 Å². The van der Waals surface area contributed by atoms with Crippen LogP contribution in [-0.2, 0) is 12.0 Å². The summed E-state index contributed by atoms with van der Waals surface area (Å²) in [6.07, 6.45) is 0. The second-order valence-electron chi connectivity index (χ2n) is 13.6. The molecule has 0 saturated carbocycles. The van der Waals surface area contributed by atoms with Crippen molar-refractivity contribution in [2.75, 3.05) is 5.88 Å². The van der Waals surface area contributed by atoms with Crippen molar-refractivity contribution in [2.45, 2.75) is 25.8 Å². The fourth-order valence-corrected chi connectivity index (χ4v) is 8.00. The van der Waals surface area contributed by atoms with E-state index in [0.717, 1.165) is 56.0 Å². The van der Waals surface area contributed by atoms with Crippen molar-refractivity contribution in [2.24, 2.45) is 0 Å². The molecule has 3 heterocycles. The highest BCUT2D eigenvalue weighted by molar-refractivity contribution is 6.18. The lowest BCUT2D eigenvalue weighted by molar-refractivity contribution is 0.584. The topological polar surface area (TPSA) is 82.8 Å². The summed E-state index contributed by atoms with van der Waals surface area (Å²) >= 11 is 6.17. The van der Waals surface area contributed by atoms with Crippen molar-refractivity contribution in [3.8, 4) is 56.9 Å². The highest BCUT2D eigenvalue weighted by Crippen LogP contribution is 2.50. The van der Waals surface area contributed by atoms with Crippen molar-refractivity contribution in [3.63, 3.8) is 0 Å². The number of benzene rings is 6. The van der Waals surface area contributed by atoms with Crippen LogP contribution >= 0.6 is 11.6 Å². The van der Waals surface area contributed by atoms with Gasteiger partial charge in [-0.05, 0) is 87.6 Å². The Morgan fingerprint density at radius 3 is 1.78 bits per heavy atom. The quantitative estimate of drug-likeness (QED) is 0.162. The monoisotopic (exact) mass is 683 g/mol. The van der Waals surface area contributed by atoms with Crippen molar-refractivity contribution in [3.05, 3.63) is 132 Å². The molecule has 1 aliphatic rings. The van der Waals surface area contributed by atoms with Crippen molar-refractivity contribution < 1.29 is 8.83 Å². The minimum atomic E-state index is -0.291. The summed E-state index contributed by atoms with van der Waals surface area (Å²) in [5.74, 6) is 2.51. The first-order valence-electron chi connectivity index (χ1n) is 17.0. The van der Waals surface area contributed by atoms with E-state index in [0.29, 0.717) is 29.4 Å². The number of halogens is 1. The van der Waals surface area contributed by atoms with Gasteiger partial charge in [0.25, 0.3) is 0 Å². The average Bonchev–Trinajstić information content (AvgIpc) is 3.96. The molecule has 0 bridgehead atoms. The van der Waals surface area contributed by atoms with E-state index < -0.39 is 0 Å². The smallest absolute Gasteiger partial charge is 0.248 e. The number of fused-ring (bicyclic) bond motifs is 7. The summed E-state index contributed by atoms with van der Waals surface area (Å²) in [4.78, 5) is 0. The molecule has 9 aromatic rings. The standard InChI is InChI=1S/C43H30ClN5O2/c1-43(2)35-23-27(40-46-45-39(50-40)26-16-19-38-34(22-26)32-11-5-6-13-37(32)49(38)21-20-44)14-17-30(35)31-18-15-28(24-36(31)43)41-47-48-42(51-41)33-12-7-9-25-8-3-4-10-29(25)33/h3-19,22-24H,20-21H2,1-2H3. The molecule has 51 heavy (non-hydrogen) atoms. The number of aromatic nitrogens is 5. The number of nitrogens with zero attached hydrogens (tertiary/aromatic N) is 5. The van der Waals surface area contributed by atoms with E-state index in [2.05, 4.69) is 130 Å². The second-order valence-corrected chi connectivity index (χ2v) is 14.0. The maximum Gasteiger partial charge on any atom is 0.248 e. The van der Waals surface area contributed by atoms with E-state index in [4.69, 9.17) is 20.4 Å². The summed E-state index contributed by atoms with van der Waals surface area (Å²) in [5, 5.41) is 22.4. The number of hydrogen-bond acceptors (Lipinski definition) is 6. The SMILES string of the molecule is CC1(C)c2cc(-c3nnc(-c4ccc5c(c4)c4ccccc4n5CCCl)o3)ccc2-c2ccc(-c3nnc(-c4cccc5ccccc45)o3)cc21. The predicted octanol–water partition coefficient (Wildman–Crippen LogP) is 10.9. The summed E-state index contributed by atoms with van der Waals surface area (Å²) in [7, 11) is 0. The molecule has 0 fully saturated rings. The fourth-order valence-electron chi connectivity index (χ4n) is 7.83. The van der Waals surface area contributed by atoms with Gasteiger partial charge in [0.2, 0.25) is 23.6 Å². The Kier molecular flexibility index (Phi) is 6.57. The molecule has 0 spiro atoms. The molecule has 0 atom stereocenters. The van der Waals surface area contributed by atoms with Crippen LogP contribution in [-0.4, -0.2) is 30.8 Å². The summed E-state index contributed by atoms with van der Waals surface area (Å²) in [6.45, 7) is 5.23. The Hall–Kier alpha value is -6.05. The van der Waals surface area contributed by atoms with Gasteiger partial charge in [0.15, 0.2) is 0 Å². The zero-order valence-electron chi connectivity index (χ0n) is 27.9. The first kappa shape index (κ1) is 29.8. The lowest BCUT2D eigenvalue weighted by atomic mass is 9.81. The average molecular weight is 684 g/mol. The van der Waals surface area contributed by atoms with Crippen LogP contribution in [0.25, 0.3) is 89.5 Å². The summed E-state index contributed by atoms with van der Waals surface area (Å²) < 4.78 is 14.9. The van der Waals surface area contributed by atoms with Gasteiger partial charge >= 0.3 is 0 Å². The highest BCUT2D eigenvalue weighted by atomic mass is 35.5. The molecule has 1 aliphatic carbocycles. The molecule has 6 aromatic carbocycles. The molecule has 0 N–H and O–H groups in total. The second kappa shape index (κ2) is 11.2. The highest BCUT2D eigenvalue weighted by Gasteiger charge is 2.36. The molecule has 10 rings (SSSR count). The van der Waals surface area contributed by atoms with Gasteiger partial charge in [-0.1, -0.05) is 80.6 Å². The number of aryl methyl sites for hydroxylation is 1. The third-order valence-electron chi connectivity index (χ3n) is 10.4. The number of rotatable bonds is 6. The fraction of sp³-hybridized carbons (Fsp3) is 0.116. The van der Waals surface area contributed by atoms with Crippen LogP contribution in [0.4, 0.5) is 0 Å². The maximum absolute atomic E-state index is 6.34.